The van der Waals surface area contributed by atoms with E-state index in [1.807, 2.05) is 52.0 Å². The van der Waals surface area contributed by atoms with Crippen molar-refractivity contribution in [1.82, 2.24) is 15.5 Å². The Bertz CT molecular complexity index is 828. The number of aryl methyl sites for hydroxylation is 1. The molecule has 0 radical (unpaired) electrons. The molecule has 2 atom stereocenters. The number of likely N-dealkylation sites (N-methyl/N-ethyl adjacent to an activating group) is 2. The van der Waals surface area contributed by atoms with Crippen molar-refractivity contribution < 1.29 is 19.1 Å². The first kappa shape index (κ1) is 27.4. The summed E-state index contributed by atoms with van der Waals surface area (Å²) in [4.78, 5) is 40.0. The van der Waals surface area contributed by atoms with Crippen LogP contribution in [0.1, 0.15) is 52.2 Å². The van der Waals surface area contributed by atoms with Crippen LogP contribution in [0.4, 0.5) is 0 Å². The van der Waals surface area contributed by atoms with Crippen LogP contribution in [0.5, 0.6) is 0 Å². The maximum atomic E-state index is 13.5. The number of carbonyl (C=O) groups is 3. The van der Waals surface area contributed by atoms with Gasteiger partial charge in [0.05, 0.1) is 6.61 Å². The second kappa shape index (κ2) is 12.4. The molecule has 7 nitrogen and oxygen atoms in total. The molecular formula is C25H39N3O4. The highest BCUT2D eigenvalue weighted by Gasteiger charge is 2.40. The monoisotopic (exact) mass is 445 g/mol. The summed E-state index contributed by atoms with van der Waals surface area (Å²) in [7, 11) is 3.41. The van der Waals surface area contributed by atoms with Gasteiger partial charge in [0.25, 0.3) is 0 Å². The van der Waals surface area contributed by atoms with E-state index in [1.165, 1.54) is 4.90 Å². The van der Waals surface area contributed by atoms with Gasteiger partial charge in [-0.15, -0.1) is 0 Å². The molecule has 0 aliphatic rings. The van der Waals surface area contributed by atoms with Gasteiger partial charge in [0.2, 0.25) is 11.8 Å². The Labute approximate surface area is 192 Å². The summed E-state index contributed by atoms with van der Waals surface area (Å²) in [6.07, 6.45) is 2.18. The minimum Gasteiger partial charge on any atom is -0.463 e. The third-order valence-electron chi connectivity index (χ3n) is 5.72. The molecule has 7 heteroatoms. The Morgan fingerprint density at radius 3 is 2.38 bits per heavy atom. The fourth-order valence-electron chi connectivity index (χ4n) is 3.55. The molecule has 1 aromatic carbocycles. The Hall–Kier alpha value is -2.67. The zero-order chi connectivity index (χ0) is 24.5. The average Bonchev–Trinajstić information content (AvgIpc) is 2.76. The first-order valence-electron chi connectivity index (χ1n) is 11.2. The Balaban J connectivity index is 3.08. The van der Waals surface area contributed by atoms with Gasteiger partial charge in [-0.25, -0.2) is 4.79 Å². The summed E-state index contributed by atoms with van der Waals surface area (Å²) < 4.78 is 4.97. The maximum Gasteiger partial charge on any atom is 0.333 e. The zero-order valence-corrected chi connectivity index (χ0v) is 20.7. The number of hydrogen-bond acceptors (Lipinski definition) is 5. The van der Waals surface area contributed by atoms with E-state index in [1.54, 1.807) is 34.0 Å². The third kappa shape index (κ3) is 6.66. The standard InChI is InChI=1S/C25H39N3O4/c1-9-25(26-7,20-13-11-12-18(5)16-20)24(31)27-21(17(3)4)22(29)28(8)15-14-19(6)23(30)32-10-2/h11-14,16-17,21,26H,9-10,15H2,1-8H3,(H,27,31)/b19-14+. The highest BCUT2D eigenvalue weighted by atomic mass is 16.5. The van der Waals surface area contributed by atoms with Crippen molar-refractivity contribution in [2.24, 2.45) is 5.92 Å². The van der Waals surface area contributed by atoms with Crippen LogP contribution in [0, 0.1) is 12.8 Å². The molecule has 0 aliphatic carbocycles. The van der Waals surface area contributed by atoms with Crippen LogP contribution in [-0.4, -0.2) is 56.0 Å². The van der Waals surface area contributed by atoms with Gasteiger partial charge in [-0.05, 0) is 45.7 Å². The predicted octanol–water partition coefficient (Wildman–Crippen LogP) is 2.93. The molecule has 178 valence electrons. The van der Waals surface area contributed by atoms with E-state index in [9.17, 15) is 14.4 Å². The number of nitrogens with one attached hydrogen (secondary N) is 2. The lowest BCUT2D eigenvalue weighted by Crippen LogP contribution is -2.59. The summed E-state index contributed by atoms with van der Waals surface area (Å²) in [5.74, 6) is -0.978. The predicted molar refractivity (Wildman–Crippen MR) is 127 cm³/mol. The number of rotatable bonds is 11. The van der Waals surface area contributed by atoms with Gasteiger partial charge in [0.1, 0.15) is 11.6 Å². The molecule has 0 aromatic heterocycles. The van der Waals surface area contributed by atoms with Crippen LogP contribution in [0.25, 0.3) is 0 Å². The molecule has 0 saturated heterocycles. The smallest absolute Gasteiger partial charge is 0.333 e. The van der Waals surface area contributed by atoms with Crippen molar-refractivity contribution in [2.75, 3.05) is 27.2 Å². The molecule has 0 bridgehead atoms. The van der Waals surface area contributed by atoms with Crippen molar-refractivity contribution in [3.63, 3.8) is 0 Å². The number of nitrogens with zero attached hydrogens (tertiary/aromatic N) is 1. The van der Waals surface area contributed by atoms with E-state index in [2.05, 4.69) is 10.6 Å². The molecule has 0 saturated carbocycles. The van der Waals surface area contributed by atoms with Crippen LogP contribution in [-0.2, 0) is 24.7 Å². The maximum absolute atomic E-state index is 13.5. The molecule has 0 spiro atoms. The molecule has 1 rings (SSSR count). The molecular weight excluding hydrogens is 406 g/mol. The fourth-order valence-corrected chi connectivity index (χ4v) is 3.55. The van der Waals surface area contributed by atoms with Gasteiger partial charge < -0.3 is 20.3 Å². The van der Waals surface area contributed by atoms with Gasteiger partial charge in [-0.3, -0.25) is 9.59 Å². The number of amides is 2. The van der Waals surface area contributed by atoms with E-state index < -0.39 is 17.6 Å². The van der Waals surface area contributed by atoms with Crippen LogP contribution < -0.4 is 10.6 Å². The number of hydrogen-bond donors (Lipinski definition) is 2. The SMILES string of the molecule is CCOC(=O)/C(C)=C/CN(C)C(=O)C(NC(=O)C(CC)(NC)c1cccc(C)c1)C(C)C. The van der Waals surface area contributed by atoms with Crippen LogP contribution >= 0.6 is 0 Å². The number of ether oxygens (including phenoxy) is 1. The van der Waals surface area contributed by atoms with Crippen molar-refractivity contribution in [2.45, 2.75) is 59.5 Å². The van der Waals surface area contributed by atoms with Crippen LogP contribution in [0.2, 0.25) is 0 Å². The normalized spacial score (nSPS) is 14.5. The second-order valence-electron chi connectivity index (χ2n) is 8.40. The number of carbonyl (C=O) groups excluding carboxylic acids is 3. The largest absolute Gasteiger partial charge is 0.463 e. The summed E-state index contributed by atoms with van der Waals surface area (Å²) in [5, 5.41) is 6.17. The quantitative estimate of drug-likeness (QED) is 0.404. The third-order valence-corrected chi connectivity index (χ3v) is 5.72. The summed E-state index contributed by atoms with van der Waals surface area (Å²) in [5.41, 5.74) is 1.41. The lowest BCUT2D eigenvalue weighted by atomic mass is 9.85. The van der Waals surface area contributed by atoms with Crippen molar-refractivity contribution in [3.8, 4) is 0 Å². The lowest BCUT2D eigenvalue weighted by Gasteiger charge is -2.35. The Morgan fingerprint density at radius 2 is 1.88 bits per heavy atom. The van der Waals surface area contributed by atoms with Crippen molar-refractivity contribution in [1.29, 1.82) is 0 Å². The molecule has 0 heterocycles. The minimum atomic E-state index is -0.946. The molecule has 2 unspecified atom stereocenters. The molecule has 2 N–H and O–H groups in total. The van der Waals surface area contributed by atoms with Gasteiger partial charge in [0, 0.05) is 19.2 Å². The van der Waals surface area contributed by atoms with Gasteiger partial charge in [-0.2, -0.15) is 0 Å². The number of esters is 1. The van der Waals surface area contributed by atoms with Crippen LogP contribution in [0.15, 0.2) is 35.9 Å². The molecule has 32 heavy (non-hydrogen) atoms. The summed E-state index contributed by atoms with van der Waals surface area (Å²) in [6.45, 7) is 11.7. The molecule has 2 amide bonds. The fraction of sp³-hybridized carbons (Fsp3) is 0.560. The van der Waals surface area contributed by atoms with E-state index in [-0.39, 0.29) is 24.3 Å². The topological polar surface area (TPSA) is 87.7 Å². The minimum absolute atomic E-state index is 0.118. The van der Waals surface area contributed by atoms with E-state index >= 15 is 0 Å². The van der Waals surface area contributed by atoms with Gasteiger partial charge in [-0.1, -0.05) is 56.7 Å². The summed E-state index contributed by atoms with van der Waals surface area (Å²) in [6, 6.07) is 7.12. The first-order chi connectivity index (χ1) is 15.0. The summed E-state index contributed by atoms with van der Waals surface area (Å²) >= 11 is 0. The average molecular weight is 446 g/mol. The molecule has 0 aliphatic heterocycles. The number of benzene rings is 1. The highest BCUT2D eigenvalue weighted by molar-refractivity contribution is 5.93. The lowest BCUT2D eigenvalue weighted by molar-refractivity contribution is -0.139. The van der Waals surface area contributed by atoms with Crippen LogP contribution in [0.3, 0.4) is 0 Å². The first-order valence-corrected chi connectivity index (χ1v) is 11.2. The molecule has 1 aromatic rings. The molecule has 0 fully saturated rings. The Kier molecular flexibility index (Phi) is 10.6. The van der Waals surface area contributed by atoms with Gasteiger partial charge in [0.15, 0.2) is 0 Å². The Morgan fingerprint density at radius 1 is 1.22 bits per heavy atom. The highest BCUT2D eigenvalue weighted by Crippen LogP contribution is 2.26. The van der Waals surface area contributed by atoms with Gasteiger partial charge >= 0.3 is 5.97 Å². The second-order valence-corrected chi connectivity index (χ2v) is 8.40. The van der Waals surface area contributed by atoms with Crippen molar-refractivity contribution >= 4 is 17.8 Å². The van der Waals surface area contributed by atoms with E-state index in [4.69, 9.17) is 4.74 Å². The van der Waals surface area contributed by atoms with E-state index in [0.717, 1.165) is 11.1 Å². The zero-order valence-electron chi connectivity index (χ0n) is 20.7. The van der Waals surface area contributed by atoms with Crippen molar-refractivity contribution in [3.05, 3.63) is 47.0 Å². The van der Waals surface area contributed by atoms with E-state index in [0.29, 0.717) is 18.6 Å².